The highest BCUT2D eigenvalue weighted by Gasteiger charge is 2.18. The lowest BCUT2D eigenvalue weighted by Crippen LogP contribution is -2.23. The number of rotatable bonds is 6. The van der Waals surface area contributed by atoms with Crippen LogP contribution in [0.2, 0.25) is 0 Å². The van der Waals surface area contributed by atoms with E-state index in [9.17, 15) is 4.79 Å². The van der Waals surface area contributed by atoms with Crippen molar-refractivity contribution in [2.45, 2.75) is 31.9 Å². The fourth-order valence-corrected chi connectivity index (χ4v) is 3.29. The molecular formula is C21H23N3O3. The fraction of sp³-hybridized carbons (Fsp3) is 0.333. The zero-order chi connectivity index (χ0) is 18.6. The molecule has 1 saturated heterocycles. The summed E-state index contributed by atoms with van der Waals surface area (Å²) in [7, 11) is 0. The van der Waals surface area contributed by atoms with Gasteiger partial charge in [0.1, 0.15) is 18.4 Å². The van der Waals surface area contributed by atoms with E-state index in [2.05, 4.69) is 10.3 Å². The van der Waals surface area contributed by atoms with Crippen LogP contribution in [0.1, 0.15) is 25.8 Å². The number of carbonyl (C=O) groups is 1. The first-order valence-corrected chi connectivity index (χ1v) is 9.27. The number of aromatic nitrogens is 2. The monoisotopic (exact) mass is 365 g/mol. The minimum absolute atomic E-state index is 0.102. The summed E-state index contributed by atoms with van der Waals surface area (Å²) in [4.78, 5) is 17.1. The third-order valence-corrected chi connectivity index (χ3v) is 4.84. The Labute approximate surface area is 158 Å². The SMILES string of the molecule is C[C@@H](C(=O)Nc1cccc(OC[C@@H]2CCCO2)c1)n1cnc2ccccc21. The third kappa shape index (κ3) is 3.95. The van der Waals surface area contributed by atoms with E-state index in [-0.39, 0.29) is 18.1 Å². The van der Waals surface area contributed by atoms with Gasteiger partial charge in [-0.2, -0.15) is 0 Å². The zero-order valence-electron chi connectivity index (χ0n) is 15.3. The number of benzene rings is 2. The Hall–Kier alpha value is -2.86. The highest BCUT2D eigenvalue weighted by Crippen LogP contribution is 2.22. The molecule has 1 aliphatic rings. The standard InChI is InChI=1S/C21H23N3O3/c1-15(24-14-22-19-9-2-3-10-20(19)24)21(25)23-16-6-4-7-17(12-16)27-13-18-8-5-11-26-18/h2-4,6-7,9-10,12,14-15,18H,5,8,11,13H2,1H3,(H,23,25)/t15-,18-/m0/s1. The number of amides is 1. The van der Waals surface area contributed by atoms with E-state index < -0.39 is 0 Å². The van der Waals surface area contributed by atoms with E-state index in [1.165, 1.54) is 0 Å². The van der Waals surface area contributed by atoms with Gasteiger partial charge in [0.05, 0.1) is 23.5 Å². The summed E-state index contributed by atoms with van der Waals surface area (Å²) >= 11 is 0. The van der Waals surface area contributed by atoms with Crippen LogP contribution in [0.25, 0.3) is 11.0 Å². The highest BCUT2D eigenvalue weighted by atomic mass is 16.5. The van der Waals surface area contributed by atoms with Gasteiger partial charge in [-0.05, 0) is 44.0 Å². The van der Waals surface area contributed by atoms with E-state index in [1.807, 2.05) is 60.0 Å². The van der Waals surface area contributed by atoms with Crippen molar-refractivity contribution in [2.24, 2.45) is 0 Å². The molecule has 27 heavy (non-hydrogen) atoms. The van der Waals surface area contributed by atoms with Gasteiger partial charge in [0.25, 0.3) is 0 Å². The van der Waals surface area contributed by atoms with E-state index in [0.29, 0.717) is 12.3 Å². The molecule has 1 aromatic heterocycles. The maximum Gasteiger partial charge on any atom is 0.247 e. The van der Waals surface area contributed by atoms with Crippen molar-refractivity contribution in [3.63, 3.8) is 0 Å². The van der Waals surface area contributed by atoms with E-state index in [4.69, 9.17) is 9.47 Å². The molecule has 6 nitrogen and oxygen atoms in total. The maximum absolute atomic E-state index is 12.7. The highest BCUT2D eigenvalue weighted by molar-refractivity contribution is 5.94. The van der Waals surface area contributed by atoms with Crippen molar-refractivity contribution >= 4 is 22.6 Å². The Morgan fingerprint density at radius 1 is 1.33 bits per heavy atom. The number of nitrogens with one attached hydrogen (secondary N) is 1. The molecule has 0 aliphatic carbocycles. The quantitative estimate of drug-likeness (QED) is 0.722. The Morgan fingerprint density at radius 2 is 2.22 bits per heavy atom. The van der Waals surface area contributed by atoms with Crippen LogP contribution in [-0.4, -0.2) is 34.8 Å². The Balaban J connectivity index is 1.42. The summed E-state index contributed by atoms with van der Waals surface area (Å²) in [5, 5.41) is 2.96. The molecule has 0 bridgehead atoms. The van der Waals surface area contributed by atoms with Crippen LogP contribution in [0.3, 0.4) is 0 Å². The number of imidazole rings is 1. The molecule has 1 N–H and O–H groups in total. The van der Waals surface area contributed by atoms with Crippen LogP contribution < -0.4 is 10.1 Å². The Bertz CT molecular complexity index is 931. The van der Waals surface area contributed by atoms with Crippen LogP contribution in [0.15, 0.2) is 54.9 Å². The minimum atomic E-state index is -0.381. The molecule has 2 atom stereocenters. The summed E-state index contributed by atoms with van der Waals surface area (Å²) in [6.45, 7) is 3.21. The number of anilines is 1. The molecule has 0 unspecified atom stereocenters. The summed E-state index contributed by atoms with van der Waals surface area (Å²) in [5.41, 5.74) is 2.52. The van der Waals surface area contributed by atoms with Gasteiger partial charge in [-0.15, -0.1) is 0 Å². The van der Waals surface area contributed by atoms with Crippen molar-refractivity contribution in [2.75, 3.05) is 18.5 Å². The molecule has 0 saturated carbocycles. The number of para-hydroxylation sites is 2. The Kier molecular flexibility index (Phi) is 5.07. The van der Waals surface area contributed by atoms with Crippen molar-refractivity contribution in [1.82, 2.24) is 9.55 Å². The first-order valence-electron chi connectivity index (χ1n) is 9.27. The molecule has 1 amide bonds. The molecule has 0 radical (unpaired) electrons. The topological polar surface area (TPSA) is 65.4 Å². The Morgan fingerprint density at radius 3 is 3.07 bits per heavy atom. The second-order valence-corrected chi connectivity index (χ2v) is 6.78. The smallest absolute Gasteiger partial charge is 0.247 e. The van der Waals surface area contributed by atoms with Crippen molar-refractivity contribution in [1.29, 1.82) is 0 Å². The lowest BCUT2D eigenvalue weighted by molar-refractivity contribution is -0.118. The summed E-state index contributed by atoms with van der Waals surface area (Å²) in [5.74, 6) is 0.624. The van der Waals surface area contributed by atoms with E-state index in [1.54, 1.807) is 6.33 Å². The summed E-state index contributed by atoms with van der Waals surface area (Å²) in [6.07, 6.45) is 3.99. The number of carbonyl (C=O) groups excluding carboxylic acids is 1. The number of ether oxygens (including phenoxy) is 2. The summed E-state index contributed by atoms with van der Waals surface area (Å²) < 4.78 is 13.3. The minimum Gasteiger partial charge on any atom is -0.491 e. The molecule has 6 heteroatoms. The van der Waals surface area contributed by atoms with Gasteiger partial charge in [0, 0.05) is 18.4 Å². The number of nitrogens with zero attached hydrogens (tertiary/aromatic N) is 2. The zero-order valence-corrected chi connectivity index (χ0v) is 15.3. The van der Waals surface area contributed by atoms with Gasteiger partial charge in [-0.1, -0.05) is 18.2 Å². The van der Waals surface area contributed by atoms with Crippen LogP contribution in [0.5, 0.6) is 5.75 Å². The molecule has 4 rings (SSSR count). The van der Waals surface area contributed by atoms with Crippen LogP contribution >= 0.6 is 0 Å². The molecule has 1 fully saturated rings. The average molecular weight is 365 g/mol. The fourth-order valence-electron chi connectivity index (χ4n) is 3.29. The van der Waals surface area contributed by atoms with Gasteiger partial charge in [0.15, 0.2) is 0 Å². The van der Waals surface area contributed by atoms with Crippen LogP contribution in [0.4, 0.5) is 5.69 Å². The average Bonchev–Trinajstić information content (AvgIpc) is 3.36. The molecule has 0 spiro atoms. The second kappa shape index (κ2) is 7.80. The lowest BCUT2D eigenvalue weighted by atomic mass is 10.2. The largest absolute Gasteiger partial charge is 0.491 e. The molecule has 3 aromatic rings. The first kappa shape index (κ1) is 17.5. The van der Waals surface area contributed by atoms with Gasteiger partial charge in [-0.25, -0.2) is 4.98 Å². The number of hydrogen-bond acceptors (Lipinski definition) is 4. The van der Waals surface area contributed by atoms with Gasteiger partial charge in [0.2, 0.25) is 5.91 Å². The predicted octanol–water partition coefficient (Wildman–Crippen LogP) is 3.79. The van der Waals surface area contributed by atoms with Crippen LogP contribution in [0, 0.1) is 0 Å². The van der Waals surface area contributed by atoms with Crippen LogP contribution in [-0.2, 0) is 9.53 Å². The van der Waals surface area contributed by atoms with Gasteiger partial charge < -0.3 is 19.4 Å². The van der Waals surface area contributed by atoms with Gasteiger partial charge >= 0.3 is 0 Å². The van der Waals surface area contributed by atoms with Gasteiger partial charge in [-0.3, -0.25) is 4.79 Å². The molecule has 140 valence electrons. The lowest BCUT2D eigenvalue weighted by Gasteiger charge is -2.16. The van der Waals surface area contributed by atoms with Crippen molar-refractivity contribution in [3.05, 3.63) is 54.9 Å². The van der Waals surface area contributed by atoms with Crippen molar-refractivity contribution in [3.8, 4) is 5.75 Å². The molecule has 2 aromatic carbocycles. The number of hydrogen-bond donors (Lipinski definition) is 1. The summed E-state index contributed by atoms with van der Waals surface area (Å²) in [6, 6.07) is 14.9. The predicted molar refractivity (Wildman–Crippen MR) is 104 cm³/mol. The van der Waals surface area contributed by atoms with E-state index >= 15 is 0 Å². The second-order valence-electron chi connectivity index (χ2n) is 6.78. The number of fused-ring (bicyclic) bond motifs is 1. The first-order chi connectivity index (χ1) is 13.2. The van der Waals surface area contributed by atoms with Crippen molar-refractivity contribution < 1.29 is 14.3 Å². The molecule has 1 aliphatic heterocycles. The normalized spacial score (nSPS) is 17.7. The molecular weight excluding hydrogens is 342 g/mol. The maximum atomic E-state index is 12.7. The van der Waals surface area contributed by atoms with E-state index in [0.717, 1.165) is 36.2 Å². The third-order valence-electron chi connectivity index (χ3n) is 4.84. The molecule has 2 heterocycles.